The Balaban J connectivity index is 2.37. The Kier molecular flexibility index (Phi) is 2.11. The molecule has 2 aromatic rings. The largest absolute Gasteiger partial charge is 0.398 e. The Labute approximate surface area is 80.3 Å². The van der Waals surface area contributed by atoms with Crippen molar-refractivity contribution in [2.45, 2.75) is 6.04 Å². The number of hydrogen-bond acceptors (Lipinski definition) is 5. The van der Waals surface area contributed by atoms with Gasteiger partial charge in [-0.25, -0.2) is 0 Å². The predicted molar refractivity (Wildman–Crippen MR) is 51.1 cm³/mol. The third-order valence-corrected chi connectivity index (χ3v) is 1.97. The number of hydrogen-bond donors (Lipinski definition) is 3. The zero-order chi connectivity index (χ0) is 9.97. The maximum absolute atomic E-state index is 5.92. The number of nitrogens with zero attached hydrogens (tertiary/aromatic N) is 3. The highest BCUT2D eigenvalue weighted by molar-refractivity contribution is 5.48. The minimum Gasteiger partial charge on any atom is -0.398 e. The fourth-order valence-corrected chi connectivity index (χ4v) is 1.20. The summed E-state index contributed by atoms with van der Waals surface area (Å²) >= 11 is 0. The fraction of sp³-hybridized carbons (Fsp3) is 0.125. The summed E-state index contributed by atoms with van der Waals surface area (Å²) < 4.78 is 0. The second-order valence-electron chi connectivity index (χ2n) is 2.88. The molecule has 72 valence electrons. The molecule has 0 saturated carbocycles. The number of nitrogen functional groups attached to an aromatic ring is 1. The van der Waals surface area contributed by atoms with Crippen LogP contribution in [0.5, 0.6) is 0 Å². The summed E-state index contributed by atoms with van der Waals surface area (Å²) in [5, 5.41) is 10.1. The summed E-state index contributed by atoms with van der Waals surface area (Å²) in [5.74, 6) is 0. The standard InChI is InChI=1S/C8H10N6/c9-6-1-2-11-3-5(6)8(10)7-4-12-14-13-7/h1-4,8H,10H2,(H2,9,11)(H,12,13,14). The Bertz CT molecular complexity index is 410. The van der Waals surface area contributed by atoms with Crippen LogP contribution in [-0.4, -0.2) is 20.4 Å². The molecule has 6 nitrogen and oxygen atoms in total. The molecule has 0 amide bonds. The molecule has 1 unspecified atom stereocenters. The van der Waals surface area contributed by atoms with Crippen LogP contribution in [-0.2, 0) is 0 Å². The summed E-state index contributed by atoms with van der Waals surface area (Å²) in [6.45, 7) is 0. The van der Waals surface area contributed by atoms with Gasteiger partial charge in [0.1, 0.15) is 5.69 Å². The molecule has 0 aliphatic heterocycles. The lowest BCUT2D eigenvalue weighted by molar-refractivity contribution is 0.807. The molecule has 0 aromatic carbocycles. The predicted octanol–water partition coefficient (Wildman–Crippen LogP) is -0.170. The van der Waals surface area contributed by atoms with E-state index in [0.29, 0.717) is 11.4 Å². The number of pyridine rings is 1. The lowest BCUT2D eigenvalue weighted by Crippen LogP contribution is -2.14. The van der Waals surface area contributed by atoms with E-state index in [2.05, 4.69) is 20.4 Å². The second kappa shape index (κ2) is 3.43. The molecule has 2 heterocycles. The first-order valence-electron chi connectivity index (χ1n) is 4.09. The lowest BCUT2D eigenvalue weighted by Gasteiger charge is -2.09. The van der Waals surface area contributed by atoms with Crippen molar-refractivity contribution in [1.29, 1.82) is 0 Å². The summed E-state index contributed by atoms with van der Waals surface area (Å²) in [4.78, 5) is 3.96. The first-order chi connectivity index (χ1) is 6.79. The van der Waals surface area contributed by atoms with E-state index in [1.807, 2.05) is 0 Å². The number of aromatic nitrogens is 4. The molecule has 2 rings (SSSR count). The van der Waals surface area contributed by atoms with Crippen molar-refractivity contribution >= 4 is 5.69 Å². The van der Waals surface area contributed by atoms with Gasteiger partial charge >= 0.3 is 0 Å². The highest BCUT2D eigenvalue weighted by atomic mass is 15.3. The van der Waals surface area contributed by atoms with Crippen molar-refractivity contribution in [2.75, 3.05) is 5.73 Å². The number of nitrogens with two attached hydrogens (primary N) is 2. The number of H-pyrrole nitrogens is 1. The van der Waals surface area contributed by atoms with Gasteiger partial charge in [0, 0.05) is 23.6 Å². The molecule has 0 aliphatic carbocycles. The van der Waals surface area contributed by atoms with Crippen molar-refractivity contribution in [3.05, 3.63) is 35.9 Å². The first-order valence-corrected chi connectivity index (χ1v) is 4.09. The van der Waals surface area contributed by atoms with Crippen LogP contribution in [0, 0.1) is 0 Å². The molecular formula is C8H10N6. The summed E-state index contributed by atoms with van der Waals surface area (Å²) in [7, 11) is 0. The summed E-state index contributed by atoms with van der Waals surface area (Å²) in [6, 6.07) is 1.32. The number of nitrogens with one attached hydrogen (secondary N) is 1. The second-order valence-corrected chi connectivity index (χ2v) is 2.88. The van der Waals surface area contributed by atoms with Crippen LogP contribution in [0.4, 0.5) is 5.69 Å². The Hall–Kier alpha value is -1.95. The van der Waals surface area contributed by atoms with Gasteiger partial charge in [-0.1, -0.05) is 0 Å². The maximum Gasteiger partial charge on any atom is 0.104 e. The highest BCUT2D eigenvalue weighted by Gasteiger charge is 2.13. The van der Waals surface area contributed by atoms with Crippen molar-refractivity contribution in [3.63, 3.8) is 0 Å². The zero-order valence-corrected chi connectivity index (χ0v) is 7.38. The van der Waals surface area contributed by atoms with Gasteiger partial charge in [0.15, 0.2) is 0 Å². The monoisotopic (exact) mass is 190 g/mol. The number of rotatable bonds is 2. The Morgan fingerprint density at radius 3 is 2.86 bits per heavy atom. The van der Waals surface area contributed by atoms with Crippen molar-refractivity contribution < 1.29 is 0 Å². The van der Waals surface area contributed by atoms with Gasteiger partial charge in [-0.2, -0.15) is 15.4 Å². The van der Waals surface area contributed by atoms with Crippen molar-refractivity contribution in [1.82, 2.24) is 20.4 Å². The third-order valence-electron chi connectivity index (χ3n) is 1.97. The lowest BCUT2D eigenvalue weighted by atomic mass is 10.1. The first kappa shape index (κ1) is 8.64. The van der Waals surface area contributed by atoms with Gasteiger partial charge in [-0.15, -0.1) is 0 Å². The van der Waals surface area contributed by atoms with E-state index < -0.39 is 0 Å². The van der Waals surface area contributed by atoms with Gasteiger partial charge in [0.25, 0.3) is 0 Å². The molecule has 0 bridgehead atoms. The summed E-state index contributed by atoms with van der Waals surface area (Å²) in [5.41, 5.74) is 13.7. The topological polar surface area (TPSA) is 106 Å². The number of aromatic amines is 1. The van der Waals surface area contributed by atoms with Crippen LogP contribution >= 0.6 is 0 Å². The number of anilines is 1. The fourth-order valence-electron chi connectivity index (χ4n) is 1.20. The Morgan fingerprint density at radius 1 is 1.36 bits per heavy atom. The van der Waals surface area contributed by atoms with Crippen LogP contribution in [0.1, 0.15) is 17.3 Å². The Morgan fingerprint density at radius 2 is 2.21 bits per heavy atom. The van der Waals surface area contributed by atoms with E-state index in [1.165, 1.54) is 0 Å². The van der Waals surface area contributed by atoms with Crippen LogP contribution in [0.3, 0.4) is 0 Å². The molecule has 5 N–H and O–H groups in total. The summed E-state index contributed by atoms with van der Waals surface area (Å²) in [6.07, 6.45) is 4.82. The average molecular weight is 190 g/mol. The maximum atomic E-state index is 5.92. The molecule has 1 atom stereocenters. The molecule has 14 heavy (non-hydrogen) atoms. The van der Waals surface area contributed by atoms with E-state index in [4.69, 9.17) is 11.5 Å². The van der Waals surface area contributed by atoms with E-state index >= 15 is 0 Å². The molecule has 2 aromatic heterocycles. The van der Waals surface area contributed by atoms with E-state index in [1.54, 1.807) is 24.7 Å². The van der Waals surface area contributed by atoms with Crippen LogP contribution in [0.2, 0.25) is 0 Å². The van der Waals surface area contributed by atoms with Crippen LogP contribution in [0.25, 0.3) is 0 Å². The van der Waals surface area contributed by atoms with Gasteiger partial charge < -0.3 is 11.5 Å². The molecule has 0 saturated heterocycles. The third kappa shape index (κ3) is 1.42. The van der Waals surface area contributed by atoms with Gasteiger partial charge in [0.2, 0.25) is 0 Å². The van der Waals surface area contributed by atoms with Crippen molar-refractivity contribution in [2.24, 2.45) is 5.73 Å². The molecule has 0 radical (unpaired) electrons. The van der Waals surface area contributed by atoms with Gasteiger partial charge in [-0.05, 0) is 6.07 Å². The molecule has 6 heteroatoms. The van der Waals surface area contributed by atoms with Gasteiger partial charge in [-0.3, -0.25) is 4.98 Å². The van der Waals surface area contributed by atoms with Crippen LogP contribution in [0.15, 0.2) is 24.7 Å². The van der Waals surface area contributed by atoms with E-state index in [0.717, 1.165) is 5.56 Å². The zero-order valence-electron chi connectivity index (χ0n) is 7.38. The quantitative estimate of drug-likeness (QED) is 0.609. The molecule has 0 fully saturated rings. The average Bonchev–Trinajstić information content (AvgIpc) is 2.70. The normalized spacial score (nSPS) is 12.6. The van der Waals surface area contributed by atoms with E-state index in [9.17, 15) is 0 Å². The molecular weight excluding hydrogens is 180 g/mol. The molecule has 0 aliphatic rings. The van der Waals surface area contributed by atoms with Crippen LogP contribution < -0.4 is 11.5 Å². The highest BCUT2D eigenvalue weighted by Crippen LogP contribution is 2.20. The van der Waals surface area contributed by atoms with E-state index in [-0.39, 0.29) is 6.04 Å². The van der Waals surface area contributed by atoms with Crippen molar-refractivity contribution in [3.8, 4) is 0 Å². The minimum atomic E-state index is -0.387. The SMILES string of the molecule is Nc1ccncc1C(N)c1cn[nH]n1. The minimum absolute atomic E-state index is 0.387. The smallest absolute Gasteiger partial charge is 0.104 e. The van der Waals surface area contributed by atoms with Gasteiger partial charge in [0.05, 0.1) is 12.2 Å². The molecule has 0 spiro atoms.